The summed E-state index contributed by atoms with van der Waals surface area (Å²) in [6.45, 7) is 17.0. The molecule has 0 fully saturated rings. The molecule has 56 heavy (non-hydrogen) atoms. The van der Waals surface area contributed by atoms with Crippen molar-refractivity contribution in [3.05, 3.63) is 76.2 Å². The van der Waals surface area contributed by atoms with Gasteiger partial charge < -0.3 is 42.5 Å². The van der Waals surface area contributed by atoms with Gasteiger partial charge in [-0.1, -0.05) is 18.5 Å². The Morgan fingerprint density at radius 2 is 1.27 bits per heavy atom. The van der Waals surface area contributed by atoms with Crippen molar-refractivity contribution in [3.63, 3.8) is 0 Å². The number of aromatic nitrogens is 4. The summed E-state index contributed by atoms with van der Waals surface area (Å²) < 4.78 is 0. The molecule has 2 aliphatic heterocycles. The fourth-order valence-corrected chi connectivity index (χ4v) is 5.97. The number of nitrogens with zero attached hydrogens (tertiary/aromatic N) is 5. The average Bonchev–Trinajstić information content (AvgIpc) is 3.17. The predicted octanol–water partition coefficient (Wildman–Crippen LogP) is 5.95. The second kappa shape index (κ2) is 23.2. The Bertz CT molecular complexity index is 1870. The van der Waals surface area contributed by atoms with E-state index in [9.17, 15) is 9.59 Å². The van der Waals surface area contributed by atoms with E-state index in [0.717, 1.165) is 64.4 Å². The lowest BCUT2D eigenvalue weighted by Crippen LogP contribution is -2.36. The van der Waals surface area contributed by atoms with Crippen molar-refractivity contribution in [2.45, 2.75) is 86.2 Å². The molecule has 0 saturated carbocycles. The lowest BCUT2D eigenvalue weighted by molar-refractivity contribution is -0.117. The van der Waals surface area contributed by atoms with E-state index in [1.54, 1.807) is 12.4 Å². The van der Waals surface area contributed by atoms with E-state index < -0.39 is 0 Å². The molecule has 0 spiro atoms. The van der Waals surface area contributed by atoms with Crippen molar-refractivity contribution in [2.75, 3.05) is 59.4 Å². The Balaban J connectivity index is 0.000000232. The lowest BCUT2D eigenvalue weighted by Gasteiger charge is -2.28. The van der Waals surface area contributed by atoms with Gasteiger partial charge in [0, 0.05) is 84.3 Å². The number of nitrogens with two attached hydrogens (primary N) is 1. The van der Waals surface area contributed by atoms with Gasteiger partial charge in [-0.25, -0.2) is 15.0 Å². The molecule has 2 aromatic heterocycles. The number of aliphatic hydroxyl groups excluding tert-OH is 2. The van der Waals surface area contributed by atoms with Gasteiger partial charge >= 0.3 is 0 Å². The van der Waals surface area contributed by atoms with Crippen molar-refractivity contribution >= 4 is 63.9 Å². The van der Waals surface area contributed by atoms with Gasteiger partial charge in [-0.15, -0.1) is 0 Å². The number of fused-ring (bicyclic) bond motifs is 2. The van der Waals surface area contributed by atoms with Crippen molar-refractivity contribution < 1.29 is 19.8 Å². The molecule has 6 rings (SSSR count). The minimum Gasteiger partial charge on any atom is -0.395 e. The number of aliphatic hydroxyl groups is 2. The van der Waals surface area contributed by atoms with Crippen molar-refractivity contribution in [1.29, 1.82) is 0 Å². The number of anilines is 7. The first-order chi connectivity index (χ1) is 26.8. The normalized spacial score (nSPS) is 12.8. The zero-order chi connectivity index (χ0) is 41.2. The molecule has 0 aliphatic carbocycles. The van der Waals surface area contributed by atoms with Gasteiger partial charge in [0.15, 0.2) is 0 Å². The topological polar surface area (TPSA) is 216 Å². The van der Waals surface area contributed by atoms with Crippen LogP contribution in [0.25, 0.3) is 0 Å². The van der Waals surface area contributed by atoms with Gasteiger partial charge in [0.2, 0.25) is 23.7 Å². The number of hydrogen-bond donors (Lipinski definition) is 8. The van der Waals surface area contributed by atoms with Gasteiger partial charge in [0.1, 0.15) is 11.0 Å². The molecule has 0 radical (unpaired) electrons. The maximum absolute atomic E-state index is 11.4. The SMILES string of the molecule is CCN(C(C)C)C(C)C.Cc1cnc(Nc2ccc3c(c2)CCC(=O)N3)nc1Cl.Cc1cnc(Nc2ccc3c(c2)CCC(=O)N3)nc1NCCO.NCCO. The number of nitrogens with one attached hydrogen (secondary N) is 5. The van der Waals surface area contributed by atoms with E-state index in [1.807, 2.05) is 50.2 Å². The molecule has 0 unspecified atom stereocenters. The number of halogens is 1. The van der Waals surface area contributed by atoms with Crippen LogP contribution in [-0.2, 0) is 22.4 Å². The third kappa shape index (κ3) is 14.6. The number of rotatable bonds is 11. The standard InChI is InChI=1S/C16H19N5O2.C14H13ClN4O.C8H19N.C2H7NO/c1-10-9-18-16(21-15(10)17-6-7-22)19-12-3-4-13-11(8-12)2-5-14(23)20-13;1-8-7-16-14(19-13(8)15)17-10-3-4-11-9(6-10)2-5-12(20)18-11;1-6-9(7(2)3)8(4)5;3-1-2-4/h3-4,8-9,22H,2,5-7H2,1H3,(H,20,23)(H2,17,18,19,21);3-4,6-7H,2,5H2,1H3,(H,18,20)(H,16,17,19);7-8H,6H2,1-5H3;4H,1-3H2. The van der Waals surface area contributed by atoms with Gasteiger partial charge in [-0.3, -0.25) is 14.5 Å². The minimum absolute atomic E-state index is 0.0444. The smallest absolute Gasteiger partial charge is 0.229 e. The second-order valence-electron chi connectivity index (χ2n) is 13.7. The first kappa shape index (κ1) is 45.5. The zero-order valence-electron chi connectivity index (χ0n) is 33.5. The molecule has 15 nitrogen and oxygen atoms in total. The Labute approximate surface area is 335 Å². The fraction of sp³-hybridized carbons (Fsp3) is 0.450. The predicted molar refractivity (Wildman–Crippen MR) is 226 cm³/mol. The van der Waals surface area contributed by atoms with Crippen LogP contribution in [0.5, 0.6) is 0 Å². The lowest BCUT2D eigenvalue weighted by atomic mass is 10.0. The van der Waals surface area contributed by atoms with Crippen LogP contribution in [-0.4, -0.2) is 91.8 Å². The molecule has 2 amide bonds. The van der Waals surface area contributed by atoms with Crippen molar-refractivity contribution in [1.82, 2.24) is 24.8 Å². The summed E-state index contributed by atoms with van der Waals surface area (Å²) in [6.07, 6.45) is 5.90. The molecule has 304 valence electrons. The van der Waals surface area contributed by atoms with Crippen LogP contribution in [0.3, 0.4) is 0 Å². The molecule has 0 bridgehead atoms. The maximum Gasteiger partial charge on any atom is 0.229 e. The third-order valence-corrected chi connectivity index (χ3v) is 9.00. The molecule has 4 aromatic rings. The summed E-state index contributed by atoms with van der Waals surface area (Å²) in [5.74, 6) is 1.75. The van der Waals surface area contributed by atoms with Gasteiger partial charge in [0.05, 0.1) is 13.2 Å². The first-order valence-electron chi connectivity index (χ1n) is 18.9. The highest BCUT2D eigenvalue weighted by Gasteiger charge is 2.16. The fourth-order valence-electron chi connectivity index (χ4n) is 5.84. The first-order valence-corrected chi connectivity index (χ1v) is 19.3. The van der Waals surface area contributed by atoms with Crippen LogP contribution in [0.2, 0.25) is 5.15 Å². The van der Waals surface area contributed by atoms with Gasteiger partial charge in [-0.05, 0) is 108 Å². The number of carbonyl (C=O) groups is 2. The Kier molecular flexibility index (Phi) is 18.8. The zero-order valence-corrected chi connectivity index (χ0v) is 34.3. The maximum atomic E-state index is 11.4. The average molecular weight is 792 g/mol. The largest absolute Gasteiger partial charge is 0.395 e. The number of amides is 2. The van der Waals surface area contributed by atoms with Gasteiger partial charge in [-0.2, -0.15) is 4.98 Å². The molecule has 4 heterocycles. The molecule has 9 N–H and O–H groups in total. The van der Waals surface area contributed by atoms with E-state index in [1.165, 1.54) is 0 Å². The molecular formula is C40H58ClN11O4. The number of aryl methyl sites for hydroxylation is 4. The Morgan fingerprint density at radius 3 is 1.68 bits per heavy atom. The summed E-state index contributed by atoms with van der Waals surface area (Å²) >= 11 is 5.97. The highest BCUT2D eigenvalue weighted by atomic mass is 35.5. The summed E-state index contributed by atoms with van der Waals surface area (Å²) in [7, 11) is 0. The van der Waals surface area contributed by atoms with E-state index in [0.29, 0.717) is 60.9 Å². The molecule has 16 heteroatoms. The molecular weight excluding hydrogens is 734 g/mol. The van der Waals surface area contributed by atoms with E-state index in [-0.39, 0.29) is 25.0 Å². The van der Waals surface area contributed by atoms with E-state index in [2.05, 4.69) is 86.0 Å². The van der Waals surface area contributed by atoms with Crippen LogP contribution >= 0.6 is 11.6 Å². The van der Waals surface area contributed by atoms with E-state index in [4.69, 9.17) is 27.5 Å². The van der Waals surface area contributed by atoms with Gasteiger partial charge in [0.25, 0.3) is 0 Å². The van der Waals surface area contributed by atoms with E-state index >= 15 is 0 Å². The molecule has 0 saturated heterocycles. The number of benzene rings is 2. The molecule has 2 aromatic carbocycles. The van der Waals surface area contributed by atoms with Crippen molar-refractivity contribution in [2.24, 2.45) is 5.73 Å². The summed E-state index contributed by atoms with van der Waals surface area (Å²) in [6, 6.07) is 12.9. The number of hydrogen-bond acceptors (Lipinski definition) is 13. The van der Waals surface area contributed by atoms with Crippen LogP contribution in [0, 0.1) is 13.8 Å². The highest BCUT2D eigenvalue weighted by Crippen LogP contribution is 2.28. The van der Waals surface area contributed by atoms with Crippen LogP contribution < -0.4 is 32.3 Å². The van der Waals surface area contributed by atoms with Crippen LogP contribution in [0.1, 0.15) is 69.7 Å². The third-order valence-electron chi connectivity index (χ3n) is 8.62. The monoisotopic (exact) mass is 791 g/mol. The summed E-state index contributed by atoms with van der Waals surface area (Å²) in [5, 5.41) is 32.1. The van der Waals surface area contributed by atoms with Crippen LogP contribution in [0.15, 0.2) is 48.8 Å². The van der Waals surface area contributed by atoms with Crippen LogP contribution in [0.4, 0.5) is 40.5 Å². The summed E-state index contributed by atoms with van der Waals surface area (Å²) in [5.41, 5.74) is 12.2. The summed E-state index contributed by atoms with van der Waals surface area (Å²) in [4.78, 5) is 42.2. The molecule has 2 aliphatic rings. The highest BCUT2D eigenvalue weighted by molar-refractivity contribution is 6.30. The van der Waals surface area contributed by atoms with Crippen molar-refractivity contribution in [3.8, 4) is 0 Å². The second-order valence-corrected chi connectivity index (χ2v) is 14.0. The number of carbonyl (C=O) groups excluding carboxylic acids is 2. The molecule has 0 atom stereocenters. The quantitative estimate of drug-likeness (QED) is 0.0826. The Hall–Kier alpha value is -4.93. The minimum atomic E-state index is 0.0444. The Morgan fingerprint density at radius 1 is 0.786 bits per heavy atom.